The Kier molecular flexibility index (Phi) is 3.94. The number of benzene rings is 1. The summed E-state index contributed by atoms with van der Waals surface area (Å²) in [6.07, 6.45) is -4.20. The number of carbonyl (C=O) groups excluding carboxylic acids is 1. The number of fused-ring (bicyclic) bond motifs is 1. The van der Waals surface area contributed by atoms with Gasteiger partial charge in [0.25, 0.3) is 5.91 Å². The fourth-order valence-electron chi connectivity index (χ4n) is 3.16. The van der Waals surface area contributed by atoms with Crippen molar-refractivity contribution < 1.29 is 22.4 Å². The molecule has 0 unspecified atom stereocenters. The molecule has 0 saturated heterocycles. The number of carbonyl (C=O) groups is 1. The lowest BCUT2D eigenvalue weighted by Gasteiger charge is -2.38. The highest BCUT2D eigenvalue weighted by molar-refractivity contribution is 6.01. The average Bonchev–Trinajstić information content (AvgIpc) is 3.25. The molecule has 1 amide bonds. The van der Waals surface area contributed by atoms with E-state index in [1.807, 2.05) is 0 Å². The van der Waals surface area contributed by atoms with Crippen LogP contribution in [0.2, 0.25) is 0 Å². The molecule has 1 aromatic carbocycles. The summed E-state index contributed by atoms with van der Waals surface area (Å²) in [6, 6.07) is 9.90. The van der Waals surface area contributed by atoms with Crippen molar-refractivity contribution in [3.8, 4) is 11.5 Å². The van der Waals surface area contributed by atoms with Crippen LogP contribution in [0, 0.1) is 6.92 Å². The normalized spacial score (nSPS) is 17.0. The van der Waals surface area contributed by atoms with Gasteiger partial charge in [-0.3, -0.25) is 9.89 Å². The Morgan fingerprint density at radius 3 is 2.70 bits per heavy atom. The lowest BCUT2D eigenvalue weighted by atomic mass is 10.0. The number of hydrogen-bond donors (Lipinski definition) is 2. The smallest absolute Gasteiger partial charge is 0.406 e. The quantitative estimate of drug-likeness (QED) is 0.722. The molecule has 0 fully saturated rings. The Bertz CT molecular complexity index is 992. The Balaban J connectivity index is 1.81. The molecule has 3 aromatic rings. The molecule has 6 nitrogen and oxygen atoms in total. The van der Waals surface area contributed by atoms with E-state index in [9.17, 15) is 18.0 Å². The van der Waals surface area contributed by atoms with Crippen LogP contribution in [0.5, 0.6) is 0 Å². The summed E-state index contributed by atoms with van der Waals surface area (Å²) in [5.41, 5.74) is 1.46. The number of H-pyrrole nitrogens is 1. The van der Waals surface area contributed by atoms with E-state index in [2.05, 4.69) is 15.5 Å². The van der Waals surface area contributed by atoms with Gasteiger partial charge in [0.2, 0.25) is 0 Å². The number of aromatic nitrogens is 2. The first-order chi connectivity index (χ1) is 12.8. The summed E-state index contributed by atoms with van der Waals surface area (Å²) in [6.45, 7) is 0.369. The predicted molar refractivity (Wildman–Crippen MR) is 90.9 cm³/mol. The van der Waals surface area contributed by atoms with Gasteiger partial charge in [0, 0.05) is 11.3 Å². The van der Waals surface area contributed by atoms with Crippen LogP contribution in [-0.4, -0.2) is 33.7 Å². The molecule has 27 heavy (non-hydrogen) atoms. The van der Waals surface area contributed by atoms with Crippen LogP contribution in [-0.2, 0) is 0 Å². The van der Waals surface area contributed by atoms with E-state index < -0.39 is 24.8 Å². The SMILES string of the molecule is Cc1ccc(-c2[nH]ncc2[C@H]2Nc3ccccc3C(=O)N2CC(F)(F)F)o1. The molecule has 0 spiro atoms. The highest BCUT2D eigenvalue weighted by Gasteiger charge is 2.41. The number of hydrogen-bond acceptors (Lipinski definition) is 4. The second-order valence-corrected chi connectivity index (χ2v) is 6.25. The summed E-state index contributed by atoms with van der Waals surface area (Å²) in [4.78, 5) is 13.5. The van der Waals surface area contributed by atoms with E-state index in [1.54, 1.807) is 37.3 Å². The number of aromatic amines is 1. The summed E-state index contributed by atoms with van der Waals surface area (Å²) in [5, 5.41) is 9.73. The van der Waals surface area contributed by atoms with Gasteiger partial charge in [-0.1, -0.05) is 12.1 Å². The molecule has 9 heteroatoms. The number of nitrogens with one attached hydrogen (secondary N) is 2. The van der Waals surface area contributed by atoms with Crippen molar-refractivity contribution >= 4 is 11.6 Å². The third kappa shape index (κ3) is 3.16. The molecule has 0 aliphatic carbocycles. The zero-order valence-electron chi connectivity index (χ0n) is 14.2. The number of anilines is 1. The third-order valence-electron chi connectivity index (χ3n) is 4.32. The largest absolute Gasteiger partial charge is 0.460 e. The Morgan fingerprint density at radius 1 is 1.22 bits per heavy atom. The van der Waals surface area contributed by atoms with Crippen LogP contribution < -0.4 is 5.32 Å². The van der Waals surface area contributed by atoms with Gasteiger partial charge in [0.1, 0.15) is 24.2 Å². The van der Waals surface area contributed by atoms with Gasteiger partial charge in [-0.2, -0.15) is 18.3 Å². The van der Waals surface area contributed by atoms with Crippen LogP contribution >= 0.6 is 0 Å². The lowest BCUT2D eigenvalue weighted by Crippen LogP contribution is -2.47. The van der Waals surface area contributed by atoms with E-state index in [1.165, 1.54) is 12.3 Å². The number of halogens is 3. The lowest BCUT2D eigenvalue weighted by molar-refractivity contribution is -0.144. The zero-order chi connectivity index (χ0) is 19.2. The van der Waals surface area contributed by atoms with Crippen molar-refractivity contribution in [3.05, 3.63) is 59.5 Å². The first kappa shape index (κ1) is 17.2. The second-order valence-electron chi connectivity index (χ2n) is 6.25. The van der Waals surface area contributed by atoms with Crippen molar-refractivity contribution in [2.24, 2.45) is 0 Å². The topological polar surface area (TPSA) is 74.2 Å². The Hall–Kier alpha value is -3.23. The summed E-state index contributed by atoms with van der Waals surface area (Å²) in [7, 11) is 0. The van der Waals surface area contributed by atoms with E-state index in [-0.39, 0.29) is 5.56 Å². The Labute approximate surface area is 152 Å². The van der Waals surface area contributed by atoms with Crippen molar-refractivity contribution in [1.82, 2.24) is 15.1 Å². The van der Waals surface area contributed by atoms with Crippen LogP contribution in [0.1, 0.15) is 27.8 Å². The van der Waals surface area contributed by atoms with E-state index in [0.29, 0.717) is 28.5 Å². The molecule has 140 valence electrons. The van der Waals surface area contributed by atoms with Crippen molar-refractivity contribution in [2.75, 3.05) is 11.9 Å². The molecule has 4 rings (SSSR count). The van der Waals surface area contributed by atoms with E-state index >= 15 is 0 Å². The van der Waals surface area contributed by atoms with Gasteiger partial charge in [-0.15, -0.1) is 0 Å². The van der Waals surface area contributed by atoms with Crippen LogP contribution in [0.4, 0.5) is 18.9 Å². The maximum absolute atomic E-state index is 13.2. The number of nitrogens with zero attached hydrogens (tertiary/aromatic N) is 2. The molecule has 1 atom stereocenters. The van der Waals surface area contributed by atoms with Gasteiger partial charge in [-0.05, 0) is 31.2 Å². The van der Waals surface area contributed by atoms with Gasteiger partial charge in [0.05, 0.1) is 11.8 Å². The fourth-order valence-corrected chi connectivity index (χ4v) is 3.16. The second kappa shape index (κ2) is 6.19. The summed E-state index contributed by atoms with van der Waals surface area (Å²) in [5.74, 6) is 0.380. The first-order valence-electron chi connectivity index (χ1n) is 8.17. The number of rotatable bonds is 3. The molecule has 1 aliphatic rings. The molecule has 3 heterocycles. The molecule has 0 saturated carbocycles. The maximum Gasteiger partial charge on any atom is 0.406 e. The highest BCUT2D eigenvalue weighted by atomic mass is 19.4. The minimum absolute atomic E-state index is 0.192. The molecule has 2 N–H and O–H groups in total. The Morgan fingerprint density at radius 2 is 2.00 bits per heavy atom. The zero-order valence-corrected chi connectivity index (χ0v) is 14.2. The van der Waals surface area contributed by atoms with Gasteiger partial charge >= 0.3 is 6.18 Å². The molecule has 1 aliphatic heterocycles. The van der Waals surface area contributed by atoms with Gasteiger partial charge < -0.3 is 14.6 Å². The minimum atomic E-state index is -4.55. The van der Waals surface area contributed by atoms with Crippen molar-refractivity contribution in [3.63, 3.8) is 0 Å². The summed E-state index contributed by atoms with van der Waals surface area (Å²) < 4.78 is 45.1. The number of aryl methyl sites for hydroxylation is 1. The van der Waals surface area contributed by atoms with Gasteiger partial charge in [0.15, 0.2) is 5.76 Å². The summed E-state index contributed by atoms with van der Waals surface area (Å²) >= 11 is 0. The molecular weight excluding hydrogens is 361 g/mol. The van der Waals surface area contributed by atoms with Crippen LogP contribution in [0.3, 0.4) is 0 Å². The fraction of sp³-hybridized carbons (Fsp3) is 0.222. The predicted octanol–water partition coefficient (Wildman–Crippen LogP) is 4.11. The number of amides is 1. The average molecular weight is 376 g/mol. The van der Waals surface area contributed by atoms with Crippen molar-refractivity contribution in [2.45, 2.75) is 19.3 Å². The number of para-hydroxylation sites is 1. The molecule has 0 bridgehead atoms. The van der Waals surface area contributed by atoms with Gasteiger partial charge in [-0.25, -0.2) is 0 Å². The molecule has 2 aromatic heterocycles. The van der Waals surface area contributed by atoms with E-state index in [0.717, 1.165) is 4.90 Å². The molecular formula is C18H15F3N4O2. The number of alkyl halides is 3. The van der Waals surface area contributed by atoms with Crippen LogP contribution in [0.15, 0.2) is 47.0 Å². The standard InChI is InChI=1S/C18H15F3N4O2/c1-10-6-7-14(27-10)15-12(8-22-24-15)16-23-13-5-3-2-4-11(13)17(26)25(16)9-18(19,20)21/h2-8,16,23H,9H2,1H3,(H,22,24)/t16-/m0/s1. The van der Waals surface area contributed by atoms with E-state index in [4.69, 9.17) is 4.42 Å². The third-order valence-corrected chi connectivity index (χ3v) is 4.32. The highest BCUT2D eigenvalue weighted by Crippen LogP contribution is 2.38. The minimum Gasteiger partial charge on any atom is -0.460 e. The maximum atomic E-state index is 13.2. The van der Waals surface area contributed by atoms with Crippen LogP contribution in [0.25, 0.3) is 11.5 Å². The number of furan rings is 1. The first-order valence-corrected chi connectivity index (χ1v) is 8.17. The monoisotopic (exact) mass is 376 g/mol. The molecule has 0 radical (unpaired) electrons. The van der Waals surface area contributed by atoms with Crippen molar-refractivity contribution in [1.29, 1.82) is 0 Å².